The summed E-state index contributed by atoms with van der Waals surface area (Å²) in [5.41, 5.74) is 1.43. The molecule has 0 aliphatic rings. The van der Waals surface area contributed by atoms with Gasteiger partial charge in [-0.2, -0.15) is 13.2 Å². The first-order chi connectivity index (χ1) is 10.4. The number of nitrogens with zero attached hydrogens (tertiary/aromatic N) is 1. The van der Waals surface area contributed by atoms with Crippen LogP contribution in [-0.4, -0.2) is 11.4 Å². The molecule has 0 aliphatic carbocycles. The Morgan fingerprint density at radius 3 is 2.14 bits per heavy atom. The molecule has 0 aliphatic heterocycles. The zero-order chi connectivity index (χ0) is 16.2. The first-order valence-electron chi connectivity index (χ1n) is 7.02. The minimum atomic E-state index is -4.28. The number of alkyl halides is 3. The van der Waals surface area contributed by atoms with Gasteiger partial charge >= 0.3 is 6.18 Å². The molecule has 0 bridgehead atoms. The van der Waals surface area contributed by atoms with E-state index in [0.29, 0.717) is 6.54 Å². The quantitative estimate of drug-likeness (QED) is 0.671. The van der Waals surface area contributed by atoms with E-state index in [9.17, 15) is 13.2 Å². The van der Waals surface area contributed by atoms with Gasteiger partial charge in [0.05, 0.1) is 5.56 Å². The summed E-state index contributed by atoms with van der Waals surface area (Å²) in [7, 11) is 0. The first-order valence-corrected chi connectivity index (χ1v) is 7.81. The number of hydrogen-bond donors (Lipinski definition) is 0. The maximum atomic E-state index is 12.6. The van der Waals surface area contributed by atoms with Crippen LogP contribution in [0.25, 0.3) is 0 Å². The lowest BCUT2D eigenvalue weighted by Crippen LogP contribution is -2.22. The van der Waals surface area contributed by atoms with Crippen LogP contribution in [0.4, 0.5) is 13.2 Å². The lowest BCUT2D eigenvalue weighted by atomic mass is 10.1. The summed E-state index contributed by atoms with van der Waals surface area (Å²) in [6.45, 7) is 4.23. The van der Waals surface area contributed by atoms with Gasteiger partial charge in [0.25, 0.3) is 0 Å². The Morgan fingerprint density at radius 1 is 0.955 bits per heavy atom. The third-order valence-electron chi connectivity index (χ3n) is 3.49. The topological polar surface area (TPSA) is 3.24 Å². The SMILES string of the molecule is CCN(Cc1ccc(C(F)(F)F)cc1)Cc1ccccc1Br. The highest BCUT2D eigenvalue weighted by Crippen LogP contribution is 2.29. The Balaban J connectivity index is 2.06. The van der Waals surface area contributed by atoms with Gasteiger partial charge in [-0.15, -0.1) is 0 Å². The lowest BCUT2D eigenvalue weighted by molar-refractivity contribution is -0.137. The molecule has 0 aromatic heterocycles. The molecule has 2 rings (SSSR count). The maximum Gasteiger partial charge on any atom is 0.416 e. The van der Waals surface area contributed by atoms with Crippen molar-refractivity contribution in [2.45, 2.75) is 26.2 Å². The van der Waals surface area contributed by atoms with Gasteiger partial charge < -0.3 is 0 Å². The van der Waals surface area contributed by atoms with Gasteiger partial charge in [0.2, 0.25) is 0 Å². The zero-order valence-corrected chi connectivity index (χ0v) is 13.8. The summed E-state index contributed by atoms with van der Waals surface area (Å²) in [5, 5.41) is 0. The van der Waals surface area contributed by atoms with Crippen LogP contribution in [0.3, 0.4) is 0 Å². The minimum Gasteiger partial charge on any atom is -0.295 e. The van der Waals surface area contributed by atoms with Gasteiger partial charge in [-0.1, -0.05) is 53.2 Å². The van der Waals surface area contributed by atoms with E-state index >= 15 is 0 Å². The highest BCUT2D eigenvalue weighted by Gasteiger charge is 2.29. The molecule has 0 amide bonds. The predicted octanol–water partition coefficient (Wildman–Crippen LogP) is 5.49. The standard InChI is InChI=1S/C17H17BrF3N/c1-2-22(12-14-5-3-4-6-16(14)18)11-13-7-9-15(10-8-13)17(19,20)21/h3-10H,2,11-12H2,1H3. The monoisotopic (exact) mass is 371 g/mol. The fraction of sp³-hybridized carbons (Fsp3) is 0.294. The highest BCUT2D eigenvalue weighted by molar-refractivity contribution is 9.10. The fourth-order valence-electron chi connectivity index (χ4n) is 2.20. The molecule has 0 saturated heterocycles. The van der Waals surface area contributed by atoms with Gasteiger partial charge in [-0.05, 0) is 35.9 Å². The third-order valence-corrected chi connectivity index (χ3v) is 4.26. The van der Waals surface area contributed by atoms with Crippen LogP contribution in [0.1, 0.15) is 23.6 Å². The van der Waals surface area contributed by atoms with Crippen molar-refractivity contribution in [3.63, 3.8) is 0 Å². The van der Waals surface area contributed by atoms with E-state index in [1.165, 1.54) is 0 Å². The van der Waals surface area contributed by atoms with Crippen molar-refractivity contribution in [2.24, 2.45) is 0 Å². The van der Waals surface area contributed by atoms with Crippen LogP contribution in [0.2, 0.25) is 0 Å². The Morgan fingerprint density at radius 2 is 1.59 bits per heavy atom. The summed E-state index contributed by atoms with van der Waals surface area (Å²) < 4.78 is 38.7. The molecule has 0 N–H and O–H groups in total. The molecule has 118 valence electrons. The van der Waals surface area contributed by atoms with Crippen LogP contribution >= 0.6 is 15.9 Å². The normalized spacial score (nSPS) is 11.9. The van der Waals surface area contributed by atoms with Crippen molar-refractivity contribution in [3.8, 4) is 0 Å². The number of hydrogen-bond acceptors (Lipinski definition) is 1. The predicted molar refractivity (Wildman–Crippen MR) is 85.4 cm³/mol. The van der Waals surface area contributed by atoms with E-state index in [4.69, 9.17) is 0 Å². The largest absolute Gasteiger partial charge is 0.416 e. The van der Waals surface area contributed by atoms with Crippen molar-refractivity contribution in [2.75, 3.05) is 6.54 Å². The van der Waals surface area contributed by atoms with Gasteiger partial charge in [0.15, 0.2) is 0 Å². The summed E-state index contributed by atoms with van der Waals surface area (Å²) in [6, 6.07) is 13.3. The Kier molecular flexibility index (Phi) is 5.64. The summed E-state index contributed by atoms with van der Waals surface area (Å²) in [5.74, 6) is 0. The van der Waals surface area contributed by atoms with E-state index in [1.54, 1.807) is 12.1 Å². The molecule has 2 aromatic carbocycles. The Bertz CT molecular complexity index is 608. The Labute approximate surface area is 136 Å². The van der Waals surface area contributed by atoms with E-state index in [-0.39, 0.29) is 0 Å². The maximum absolute atomic E-state index is 12.6. The van der Waals surface area contributed by atoms with Crippen molar-refractivity contribution in [1.29, 1.82) is 0 Å². The molecule has 0 heterocycles. The first kappa shape index (κ1) is 17.0. The van der Waals surface area contributed by atoms with Gasteiger partial charge in [-0.25, -0.2) is 0 Å². The van der Waals surface area contributed by atoms with Crippen LogP contribution < -0.4 is 0 Å². The molecular weight excluding hydrogens is 355 g/mol. The molecule has 0 saturated carbocycles. The van der Waals surface area contributed by atoms with Gasteiger partial charge in [-0.3, -0.25) is 4.90 Å². The van der Waals surface area contributed by atoms with E-state index in [2.05, 4.69) is 20.8 Å². The zero-order valence-electron chi connectivity index (χ0n) is 12.2. The summed E-state index contributed by atoms with van der Waals surface area (Å²) in [4.78, 5) is 2.18. The second-order valence-electron chi connectivity index (χ2n) is 5.09. The second kappa shape index (κ2) is 7.29. The van der Waals surface area contributed by atoms with Crippen LogP contribution in [0.5, 0.6) is 0 Å². The molecule has 1 nitrogen and oxygen atoms in total. The number of halogens is 4. The minimum absolute atomic E-state index is 0.606. The average Bonchev–Trinajstić information content (AvgIpc) is 2.48. The third kappa shape index (κ3) is 4.58. The van der Waals surface area contributed by atoms with Gasteiger partial charge in [0, 0.05) is 17.6 Å². The van der Waals surface area contributed by atoms with Crippen molar-refractivity contribution < 1.29 is 13.2 Å². The summed E-state index contributed by atoms with van der Waals surface area (Å²) >= 11 is 3.52. The van der Waals surface area contributed by atoms with E-state index < -0.39 is 11.7 Å². The fourth-order valence-corrected chi connectivity index (χ4v) is 2.61. The van der Waals surface area contributed by atoms with Crippen LogP contribution in [0.15, 0.2) is 53.0 Å². The molecular formula is C17H17BrF3N. The molecule has 0 fully saturated rings. The van der Waals surface area contributed by atoms with Crippen molar-refractivity contribution >= 4 is 15.9 Å². The lowest BCUT2D eigenvalue weighted by Gasteiger charge is -2.21. The van der Waals surface area contributed by atoms with Gasteiger partial charge in [0.1, 0.15) is 0 Å². The Hall–Kier alpha value is -1.33. The van der Waals surface area contributed by atoms with E-state index in [0.717, 1.165) is 40.8 Å². The van der Waals surface area contributed by atoms with Crippen LogP contribution in [0, 0.1) is 0 Å². The van der Waals surface area contributed by atoms with Crippen LogP contribution in [-0.2, 0) is 19.3 Å². The average molecular weight is 372 g/mol. The molecule has 0 atom stereocenters. The molecule has 2 aromatic rings. The smallest absolute Gasteiger partial charge is 0.295 e. The van der Waals surface area contributed by atoms with Crippen molar-refractivity contribution in [1.82, 2.24) is 4.90 Å². The van der Waals surface area contributed by atoms with E-state index in [1.807, 2.05) is 31.2 Å². The second-order valence-corrected chi connectivity index (χ2v) is 5.94. The molecule has 0 spiro atoms. The number of benzene rings is 2. The molecule has 0 unspecified atom stereocenters. The molecule has 22 heavy (non-hydrogen) atoms. The molecule has 5 heteroatoms. The number of rotatable bonds is 5. The highest BCUT2D eigenvalue weighted by atomic mass is 79.9. The summed E-state index contributed by atoms with van der Waals surface area (Å²) in [6.07, 6.45) is -4.28. The molecule has 0 radical (unpaired) electrons. The van der Waals surface area contributed by atoms with Crippen molar-refractivity contribution in [3.05, 3.63) is 69.7 Å².